The molecule has 0 radical (unpaired) electrons. The molecule has 1 saturated heterocycles. The van der Waals surface area contributed by atoms with Crippen LogP contribution in [0.4, 0.5) is 0 Å². The van der Waals surface area contributed by atoms with E-state index in [-0.39, 0.29) is 0 Å². The van der Waals surface area contributed by atoms with Crippen LogP contribution in [0.3, 0.4) is 0 Å². The molecule has 1 aliphatic rings. The lowest BCUT2D eigenvalue weighted by atomic mass is 10.0. The molecule has 1 aliphatic heterocycles. The summed E-state index contributed by atoms with van der Waals surface area (Å²) in [5.74, 6) is 0.314. The van der Waals surface area contributed by atoms with Crippen molar-refractivity contribution in [1.82, 2.24) is 10.2 Å². The van der Waals surface area contributed by atoms with E-state index in [4.69, 9.17) is 0 Å². The van der Waals surface area contributed by atoms with Crippen LogP contribution in [0.2, 0.25) is 0 Å². The summed E-state index contributed by atoms with van der Waals surface area (Å²) in [5.41, 5.74) is 2.58. The molecule has 1 unspecified atom stereocenters. The SMILES string of the molecule is CCCN(C(=O)CCc1ccccc1C)C1CCCNC1. The van der Waals surface area contributed by atoms with Gasteiger partial charge in [-0.3, -0.25) is 4.79 Å². The highest BCUT2D eigenvalue weighted by molar-refractivity contribution is 5.77. The van der Waals surface area contributed by atoms with Crippen LogP contribution in [0.15, 0.2) is 24.3 Å². The van der Waals surface area contributed by atoms with Gasteiger partial charge >= 0.3 is 0 Å². The van der Waals surface area contributed by atoms with Crippen molar-refractivity contribution in [3.8, 4) is 0 Å². The van der Waals surface area contributed by atoms with Crippen LogP contribution >= 0.6 is 0 Å². The lowest BCUT2D eigenvalue weighted by Crippen LogP contribution is -2.49. The Labute approximate surface area is 128 Å². The van der Waals surface area contributed by atoms with E-state index in [1.807, 2.05) is 0 Å². The topological polar surface area (TPSA) is 32.3 Å². The molecule has 1 amide bonds. The number of piperidine rings is 1. The largest absolute Gasteiger partial charge is 0.338 e. The van der Waals surface area contributed by atoms with Gasteiger partial charge in [-0.2, -0.15) is 0 Å². The minimum Gasteiger partial charge on any atom is -0.338 e. The van der Waals surface area contributed by atoms with E-state index in [2.05, 4.69) is 48.3 Å². The molecule has 1 N–H and O–H groups in total. The zero-order valence-corrected chi connectivity index (χ0v) is 13.4. The van der Waals surface area contributed by atoms with Crippen molar-refractivity contribution in [2.75, 3.05) is 19.6 Å². The number of amides is 1. The third-order valence-corrected chi connectivity index (χ3v) is 4.37. The number of carbonyl (C=O) groups excluding carboxylic acids is 1. The fourth-order valence-electron chi connectivity index (χ4n) is 3.13. The van der Waals surface area contributed by atoms with E-state index in [1.165, 1.54) is 17.5 Å². The molecule has 1 fully saturated rings. The zero-order valence-electron chi connectivity index (χ0n) is 13.4. The van der Waals surface area contributed by atoms with E-state index in [0.29, 0.717) is 18.4 Å². The minimum atomic E-state index is 0.314. The highest BCUT2D eigenvalue weighted by atomic mass is 16.2. The standard InChI is InChI=1S/C18H28N2O/c1-3-13-20(17-9-6-12-19-14-17)18(21)11-10-16-8-5-4-7-15(16)2/h4-5,7-8,17,19H,3,6,9-14H2,1-2H3. The van der Waals surface area contributed by atoms with Crippen molar-refractivity contribution >= 4 is 5.91 Å². The van der Waals surface area contributed by atoms with Crippen molar-refractivity contribution in [2.24, 2.45) is 0 Å². The molecular formula is C18H28N2O. The molecule has 0 aromatic heterocycles. The lowest BCUT2D eigenvalue weighted by Gasteiger charge is -2.34. The average Bonchev–Trinajstić information content (AvgIpc) is 2.52. The summed E-state index contributed by atoms with van der Waals surface area (Å²) in [6, 6.07) is 8.76. The van der Waals surface area contributed by atoms with Crippen molar-refractivity contribution < 1.29 is 4.79 Å². The summed E-state index contributed by atoms with van der Waals surface area (Å²) in [4.78, 5) is 14.7. The minimum absolute atomic E-state index is 0.314. The number of aryl methyl sites for hydroxylation is 2. The summed E-state index contributed by atoms with van der Waals surface area (Å²) in [6.07, 6.45) is 4.83. The van der Waals surface area contributed by atoms with Crippen LogP contribution < -0.4 is 5.32 Å². The molecule has 116 valence electrons. The van der Waals surface area contributed by atoms with Crippen LogP contribution in [-0.2, 0) is 11.2 Å². The van der Waals surface area contributed by atoms with Gasteiger partial charge in [0.1, 0.15) is 0 Å². The summed E-state index contributed by atoms with van der Waals surface area (Å²) in [6.45, 7) is 7.20. The molecule has 21 heavy (non-hydrogen) atoms. The fourth-order valence-corrected chi connectivity index (χ4v) is 3.13. The van der Waals surface area contributed by atoms with E-state index in [0.717, 1.165) is 38.9 Å². The summed E-state index contributed by atoms with van der Waals surface area (Å²) >= 11 is 0. The molecule has 0 spiro atoms. The quantitative estimate of drug-likeness (QED) is 0.873. The van der Waals surface area contributed by atoms with Gasteiger partial charge in [-0.15, -0.1) is 0 Å². The highest BCUT2D eigenvalue weighted by Gasteiger charge is 2.24. The maximum absolute atomic E-state index is 12.6. The second-order valence-electron chi connectivity index (χ2n) is 6.01. The van der Waals surface area contributed by atoms with Gasteiger partial charge < -0.3 is 10.2 Å². The van der Waals surface area contributed by atoms with Crippen LogP contribution in [0.25, 0.3) is 0 Å². The molecule has 3 nitrogen and oxygen atoms in total. The van der Waals surface area contributed by atoms with Crippen molar-refractivity contribution in [3.63, 3.8) is 0 Å². The Morgan fingerprint density at radius 1 is 1.38 bits per heavy atom. The van der Waals surface area contributed by atoms with Gasteiger partial charge in [0.25, 0.3) is 0 Å². The predicted molar refractivity (Wildman–Crippen MR) is 87.4 cm³/mol. The van der Waals surface area contributed by atoms with Crippen LogP contribution in [0.5, 0.6) is 0 Å². The third-order valence-electron chi connectivity index (χ3n) is 4.37. The Balaban J connectivity index is 1.93. The molecule has 1 atom stereocenters. The number of carbonyl (C=O) groups is 1. The number of rotatable bonds is 6. The van der Waals surface area contributed by atoms with Crippen LogP contribution in [-0.4, -0.2) is 36.5 Å². The third kappa shape index (κ3) is 4.57. The molecule has 3 heteroatoms. The predicted octanol–water partition coefficient (Wildman–Crippen LogP) is 2.92. The maximum atomic E-state index is 12.6. The normalized spacial score (nSPS) is 18.5. The molecule has 1 aromatic rings. The molecule has 0 aliphatic carbocycles. The monoisotopic (exact) mass is 288 g/mol. The summed E-state index contributed by atoms with van der Waals surface area (Å²) in [7, 11) is 0. The van der Waals surface area contributed by atoms with E-state index in [1.54, 1.807) is 0 Å². The molecule has 2 rings (SSSR count). The molecule has 1 aromatic carbocycles. The number of hydrogen-bond donors (Lipinski definition) is 1. The van der Waals surface area contributed by atoms with E-state index >= 15 is 0 Å². The summed E-state index contributed by atoms with van der Waals surface area (Å²) < 4.78 is 0. The van der Waals surface area contributed by atoms with Gasteiger partial charge in [0.2, 0.25) is 5.91 Å². The number of nitrogens with zero attached hydrogens (tertiary/aromatic N) is 1. The van der Waals surface area contributed by atoms with Crippen LogP contribution in [0.1, 0.15) is 43.7 Å². The average molecular weight is 288 g/mol. The maximum Gasteiger partial charge on any atom is 0.223 e. The van der Waals surface area contributed by atoms with E-state index in [9.17, 15) is 4.79 Å². The smallest absolute Gasteiger partial charge is 0.223 e. The Morgan fingerprint density at radius 3 is 2.86 bits per heavy atom. The van der Waals surface area contributed by atoms with Gasteiger partial charge in [0, 0.05) is 25.6 Å². The van der Waals surface area contributed by atoms with Gasteiger partial charge in [0.05, 0.1) is 0 Å². The van der Waals surface area contributed by atoms with E-state index < -0.39 is 0 Å². The second-order valence-corrected chi connectivity index (χ2v) is 6.01. The molecular weight excluding hydrogens is 260 g/mol. The fraction of sp³-hybridized carbons (Fsp3) is 0.611. The zero-order chi connectivity index (χ0) is 15.1. The van der Waals surface area contributed by atoms with Gasteiger partial charge in [-0.1, -0.05) is 31.2 Å². The Morgan fingerprint density at radius 2 is 2.19 bits per heavy atom. The molecule has 0 bridgehead atoms. The number of hydrogen-bond acceptors (Lipinski definition) is 2. The van der Waals surface area contributed by atoms with Crippen molar-refractivity contribution in [3.05, 3.63) is 35.4 Å². The first-order valence-electron chi connectivity index (χ1n) is 8.27. The van der Waals surface area contributed by atoms with Crippen molar-refractivity contribution in [1.29, 1.82) is 0 Å². The second kappa shape index (κ2) is 8.18. The Hall–Kier alpha value is -1.35. The van der Waals surface area contributed by atoms with Crippen LogP contribution in [0, 0.1) is 6.92 Å². The van der Waals surface area contributed by atoms with Gasteiger partial charge in [-0.25, -0.2) is 0 Å². The number of benzene rings is 1. The lowest BCUT2D eigenvalue weighted by molar-refractivity contribution is -0.133. The first-order chi connectivity index (χ1) is 10.2. The Kier molecular flexibility index (Phi) is 6.24. The molecule has 0 saturated carbocycles. The highest BCUT2D eigenvalue weighted by Crippen LogP contribution is 2.15. The van der Waals surface area contributed by atoms with Gasteiger partial charge in [0.15, 0.2) is 0 Å². The Bertz CT molecular complexity index is 452. The summed E-state index contributed by atoms with van der Waals surface area (Å²) in [5, 5.41) is 3.42. The first-order valence-corrected chi connectivity index (χ1v) is 8.27. The first kappa shape index (κ1) is 16.0. The van der Waals surface area contributed by atoms with Gasteiger partial charge in [-0.05, 0) is 50.3 Å². The molecule has 1 heterocycles. The van der Waals surface area contributed by atoms with Crippen molar-refractivity contribution in [2.45, 2.75) is 52.0 Å². The number of nitrogens with one attached hydrogen (secondary N) is 1.